The highest BCUT2D eigenvalue weighted by Gasteiger charge is 2.51. The lowest BCUT2D eigenvalue weighted by Crippen LogP contribution is -2.64. The molecule has 1 fully saturated rings. The van der Waals surface area contributed by atoms with Crippen molar-refractivity contribution < 1.29 is 63.1 Å². The van der Waals surface area contributed by atoms with E-state index in [1.807, 2.05) is 42.5 Å². The molecule has 0 amide bonds. The quantitative estimate of drug-likeness (QED) is 0.0163. The molecule has 0 aromatic rings. The van der Waals surface area contributed by atoms with Crippen LogP contribution in [0.25, 0.3) is 0 Å². The van der Waals surface area contributed by atoms with Gasteiger partial charge in [-0.15, -0.1) is 0 Å². The Bertz CT molecular complexity index is 1290. The first-order chi connectivity index (χ1) is 27.9. The molecule has 1 saturated carbocycles. The Balaban J connectivity index is 2.55. The Labute approximate surface area is 346 Å². The Hall–Kier alpha value is -2.71. The number of phosphoric acid groups is 1. The number of aliphatic hydroxyl groups excluding tert-OH is 5. The molecule has 14 heteroatoms. The number of ether oxygens (including phenoxy) is 2. The molecular formula is C44H73O13P. The summed E-state index contributed by atoms with van der Waals surface area (Å²) in [5, 5.41) is 50.0. The Morgan fingerprint density at radius 2 is 0.983 bits per heavy atom. The highest BCUT2D eigenvalue weighted by Crippen LogP contribution is 2.47. The predicted molar refractivity (Wildman–Crippen MR) is 225 cm³/mol. The largest absolute Gasteiger partial charge is 0.472 e. The molecule has 8 atom stereocenters. The van der Waals surface area contributed by atoms with Gasteiger partial charge in [0.15, 0.2) is 6.10 Å². The number of carbonyl (C=O) groups is 2. The molecule has 0 spiro atoms. The van der Waals surface area contributed by atoms with Gasteiger partial charge in [-0.1, -0.05) is 138 Å². The first kappa shape index (κ1) is 53.3. The lowest BCUT2D eigenvalue weighted by atomic mass is 9.85. The van der Waals surface area contributed by atoms with Gasteiger partial charge in [0.05, 0.1) is 6.61 Å². The normalized spacial score (nSPS) is 23.2. The van der Waals surface area contributed by atoms with Gasteiger partial charge in [0.25, 0.3) is 0 Å². The lowest BCUT2D eigenvalue weighted by Gasteiger charge is -2.41. The molecule has 7 unspecified atom stereocenters. The fraction of sp³-hybridized carbons (Fsp3) is 0.682. The van der Waals surface area contributed by atoms with E-state index in [-0.39, 0.29) is 12.8 Å². The van der Waals surface area contributed by atoms with Gasteiger partial charge < -0.3 is 39.9 Å². The van der Waals surface area contributed by atoms with Crippen molar-refractivity contribution >= 4 is 19.8 Å². The molecule has 6 N–H and O–H groups in total. The summed E-state index contributed by atoms with van der Waals surface area (Å²) in [7, 11) is -5.13. The number of carbonyl (C=O) groups excluding carboxylic acids is 2. The fourth-order valence-corrected chi connectivity index (χ4v) is 6.91. The molecule has 0 bridgehead atoms. The summed E-state index contributed by atoms with van der Waals surface area (Å²) in [6.45, 7) is 3.06. The van der Waals surface area contributed by atoms with Crippen molar-refractivity contribution in [3.63, 3.8) is 0 Å². The van der Waals surface area contributed by atoms with Crippen molar-refractivity contribution in [1.82, 2.24) is 0 Å². The molecule has 332 valence electrons. The third-order valence-corrected chi connectivity index (χ3v) is 10.4. The van der Waals surface area contributed by atoms with Gasteiger partial charge in [0.2, 0.25) is 0 Å². The van der Waals surface area contributed by atoms with E-state index in [0.717, 1.165) is 51.4 Å². The van der Waals surface area contributed by atoms with Crippen LogP contribution in [0.2, 0.25) is 0 Å². The van der Waals surface area contributed by atoms with Crippen LogP contribution in [0.5, 0.6) is 0 Å². The highest BCUT2D eigenvalue weighted by molar-refractivity contribution is 7.47. The third kappa shape index (κ3) is 26.4. The van der Waals surface area contributed by atoms with Crippen LogP contribution >= 0.6 is 7.82 Å². The third-order valence-electron chi connectivity index (χ3n) is 9.40. The Morgan fingerprint density at radius 3 is 1.52 bits per heavy atom. The minimum absolute atomic E-state index is 0.0411. The number of rotatable bonds is 33. The molecule has 0 heterocycles. The Kier molecular flexibility index (Phi) is 31.3. The van der Waals surface area contributed by atoms with E-state index >= 15 is 0 Å². The zero-order chi connectivity index (χ0) is 42.9. The number of aliphatic hydroxyl groups is 5. The monoisotopic (exact) mass is 840 g/mol. The van der Waals surface area contributed by atoms with Crippen LogP contribution in [0.3, 0.4) is 0 Å². The van der Waals surface area contributed by atoms with Crippen LogP contribution in [0.15, 0.2) is 72.9 Å². The standard InChI is InChI=1S/C44H73O13P/c1-3-5-7-9-11-13-15-17-18-19-21-22-24-26-28-30-32-37(45)54-34-36(35-55-58(52,53)57-44-42(50)40(48)39(47)41(49)43(44)51)56-38(46)33-31-29-27-25-23-20-16-14-12-10-8-6-4-2/h6,8,10,12,14,16,18-23,36,39-44,47-51H,3-5,7,9,11,13,15,17,24-35H2,1-2H3,(H,52,53)/b8-6+,12-10+,16-14+,19-18+,22-21+,23-20+/t36?,39?,40-,41?,42?,43?,44?/m0/s1. The fourth-order valence-electron chi connectivity index (χ4n) is 5.93. The molecule has 58 heavy (non-hydrogen) atoms. The molecule has 1 aliphatic rings. The summed E-state index contributed by atoms with van der Waals surface area (Å²) < 4.78 is 33.3. The van der Waals surface area contributed by atoms with Gasteiger partial charge in [0.1, 0.15) is 43.2 Å². The second kappa shape index (κ2) is 34.0. The van der Waals surface area contributed by atoms with Crippen molar-refractivity contribution in [3.05, 3.63) is 72.9 Å². The van der Waals surface area contributed by atoms with E-state index in [0.29, 0.717) is 12.8 Å². The number of unbranched alkanes of at least 4 members (excludes halogenated alkanes) is 13. The van der Waals surface area contributed by atoms with E-state index in [4.69, 9.17) is 18.5 Å². The zero-order valence-corrected chi connectivity index (χ0v) is 35.7. The average Bonchev–Trinajstić information content (AvgIpc) is 3.20. The van der Waals surface area contributed by atoms with Gasteiger partial charge in [0, 0.05) is 12.8 Å². The molecule has 1 aliphatic carbocycles. The number of allylic oxidation sites excluding steroid dienone is 12. The number of phosphoric ester groups is 1. The van der Waals surface area contributed by atoms with Gasteiger partial charge in [-0.2, -0.15) is 0 Å². The van der Waals surface area contributed by atoms with Gasteiger partial charge in [-0.05, 0) is 57.8 Å². The van der Waals surface area contributed by atoms with E-state index in [9.17, 15) is 44.6 Å². The van der Waals surface area contributed by atoms with E-state index in [2.05, 4.69) is 44.2 Å². The van der Waals surface area contributed by atoms with Crippen molar-refractivity contribution in [3.8, 4) is 0 Å². The lowest BCUT2D eigenvalue weighted by molar-refractivity contribution is -0.220. The summed E-state index contributed by atoms with van der Waals surface area (Å²) in [5.74, 6) is -1.18. The van der Waals surface area contributed by atoms with E-state index in [1.165, 1.54) is 44.9 Å². The summed E-state index contributed by atoms with van der Waals surface area (Å²) >= 11 is 0. The summed E-state index contributed by atoms with van der Waals surface area (Å²) in [6.07, 6.45) is 28.3. The molecule has 0 radical (unpaired) electrons. The van der Waals surface area contributed by atoms with Crippen LogP contribution in [0.1, 0.15) is 136 Å². The maximum atomic E-state index is 12.8. The van der Waals surface area contributed by atoms with Crippen molar-refractivity contribution in [2.45, 2.75) is 179 Å². The second-order valence-corrected chi connectivity index (χ2v) is 16.0. The van der Waals surface area contributed by atoms with Crippen LogP contribution in [-0.4, -0.2) is 98.3 Å². The van der Waals surface area contributed by atoms with Crippen molar-refractivity contribution in [2.24, 2.45) is 0 Å². The van der Waals surface area contributed by atoms with Crippen molar-refractivity contribution in [1.29, 1.82) is 0 Å². The molecule has 13 nitrogen and oxygen atoms in total. The van der Waals surface area contributed by atoms with Crippen LogP contribution in [0.4, 0.5) is 0 Å². The number of hydrogen-bond donors (Lipinski definition) is 6. The number of hydrogen-bond acceptors (Lipinski definition) is 12. The molecule has 1 rings (SSSR count). The van der Waals surface area contributed by atoms with E-state index < -0.39 is 75.7 Å². The highest BCUT2D eigenvalue weighted by atomic mass is 31.2. The van der Waals surface area contributed by atoms with Gasteiger partial charge in [-0.25, -0.2) is 4.57 Å². The minimum atomic E-state index is -5.13. The minimum Gasteiger partial charge on any atom is -0.462 e. The van der Waals surface area contributed by atoms with E-state index in [1.54, 1.807) is 0 Å². The topological polar surface area (TPSA) is 210 Å². The average molecular weight is 841 g/mol. The summed E-state index contributed by atoms with van der Waals surface area (Å²) in [4.78, 5) is 35.6. The molecule has 0 saturated heterocycles. The summed E-state index contributed by atoms with van der Waals surface area (Å²) in [6, 6.07) is 0. The first-order valence-electron chi connectivity index (χ1n) is 21.3. The summed E-state index contributed by atoms with van der Waals surface area (Å²) in [5.41, 5.74) is 0. The van der Waals surface area contributed by atoms with Crippen LogP contribution in [0, 0.1) is 0 Å². The molecule has 0 aliphatic heterocycles. The van der Waals surface area contributed by atoms with Crippen LogP contribution in [-0.2, 0) is 32.7 Å². The molecular weight excluding hydrogens is 767 g/mol. The maximum Gasteiger partial charge on any atom is 0.472 e. The smallest absolute Gasteiger partial charge is 0.462 e. The zero-order valence-electron chi connectivity index (χ0n) is 34.8. The van der Waals surface area contributed by atoms with Crippen LogP contribution < -0.4 is 0 Å². The first-order valence-corrected chi connectivity index (χ1v) is 22.8. The van der Waals surface area contributed by atoms with Gasteiger partial charge in [-0.3, -0.25) is 18.6 Å². The van der Waals surface area contributed by atoms with Crippen molar-refractivity contribution in [2.75, 3.05) is 13.2 Å². The molecule has 0 aromatic carbocycles. The molecule has 0 aromatic heterocycles. The van der Waals surface area contributed by atoms with Gasteiger partial charge >= 0.3 is 19.8 Å². The number of esters is 2. The second-order valence-electron chi connectivity index (χ2n) is 14.6. The maximum absolute atomic E-state index is 12.8. The predicted octanol–water partition coefficient (Wildman–Crippen LogP) is 7.55. The SMILES string of the molecule is CC/C=C/C=C/C=C/C=C/CCCCCC(=O)OC(COC(=O)CCCCC/C=C/C=C/CCCCCCCCC)COP(=O)(O)OC1C(O)C(O)C(O)[C@H](O)C1O. The Morgan fingerprint density at radius 1 is 0.552 bits per heavy atom.